The number of carboxylic acids is 1. The van der Waals surface area contributed by atoms with Gasteiger partial charge < -0.3 is 5.11 Å². The van der Waals surface area contributed by atoms with E-state index in [2.05, 4.69) is 9.97 Å². The van der Waals surface area contributed by atoms with Crippen molar-refractivity contribution in [3.8, 4) is 0 Å². The summed E-state index contributed by atoms with van der Waals surface area (Å²) >= 11 is 5.15. The highest BCUT2D eigenvalue weighted by molar-refractivity contribution is 6.29. The van der Waals surface area contributed by atoms with Gasteiger partial charge in [-0.05, 0) is 0 Å². The van der Waals surface area contributed by atoms with Crippen LogP contribution in [0.2, 0.25) is 5.15 Å². The Bertz CT molecular complexity index is 305. The Morgan fingerprint density at radius 1 is 1.73 bits per heavy atom. The zero-order valence-electron chi connectivity index (χ0n) is 5.08. The normalized spacial score (nSPS) is 9.64. The van der Waals surface area contributed by atoms with E-state index in [1.54, 1.807) is 0 Å². The predicted octanol–water partition coefficient (Wildman–Crippen LogP) is 0.967. The molecule has 1 N–H and O–H groups in total. The van der Waals surface area contributed by atoms with Crippen LogP contribution in [0.25, 0.3) is 0 Å². The first-order valence-electron chi connectivity index (χ1n) is 2.52. The van der Waals surface area contributed by atoms with Crippen molar-refractivity contribution < 1.29 is 14.3 Å². The van der Waals surface area contributed by atoms with Gasteiger partial charge in [0.25, 0.3) is 5.95 Å². The highest BCUT2D eigenvalue weighted by atomic mass is 35.5. The third-order valence-corrected chi connectivity index (χ3v) is 1.15. The Balaban J connectivity index is 3.15. The lowest BCUT2D eigenvalue weighted by Crippen LogP contribution is -2.02. The van der Waals surface area contributed by atoms with Crippen LogP contribution in [-0.2, 0) is 0 Å². The zero-order chi connectivity index (χ0) is 8.43. The largest absolute Gasteiger partial charge is 0.476 e. The second-order valence-corrected chi connectivity index (χ2v) is 2.00. The molecule has 0 saturated heterocycles. The molecule has 0 radical (unpaired) electrons. The molecule has 0 aromatic carbocycles. The van der Waals surface area contributed by atoms with Crippen LogP contribution < -0.4 is 0 Å². The van der Waals surface area contributed by atoms with Crippen molar-refractivity contribution >= 4 is 17.6 Å². The maximum absolute atomic E-state index is 12.3. The molecule has 0 spiro atoms. The van der Waals surface area contributed by atoms with Crippen LogP contribution in [0, 0.1) is 5.95 Å². The molecule has 1 aromatic rings. The van der Waals surface area contributed by atoms with E-state index in [9.17, 15) is 9.18 Å². The molecule has 0 aliphatic carbocycles. The van der Waals surface area contributed by atoms with E-state index in [0.29, 0.717) is 0 Å². The molecule has 0 aliphatic rings. The summed E-state index contributed by atoms with van der Waals surface area (Å²) in [6.45, 7) is 0. The molecular formula is C5H2ClFN2O2. The van der Waals surface area contributed by atoms with Crippen LogP contribution >= 0.6 is 11.6 Å². The monoisotopic (exact) mass is 176 g/mol. The highest BCUT2D eigenvalue weighted by Crippen LogP contribution is 2.07. The van der Waals surface area contributed by atoms with Crippen molar-refractivity contribution in [1.29, 1.82) is 0 Å². The van der Waals surface area contributed by atoms with Crippen LogP contribution in [0.3, 0.4) is 0 Å². The van der Waals surface area contributed by atoms with E-state index >= 15 is 0 Å². The standard InChI is InChI=1S/C5H2ClFN2O2/c6-3-4(7)8-1-2(9-3)5(10)11/h1H,(H,10,11). The summed E-state index contributed by atoms with van der Waals surface area (Å²) < 4.78 is 12.3. The maximum Gasteiger partial charge on any atom is 0.356 e. The lowest BCUT2D eigenvalue weighted by molar-refractivity contribution is 0.0689. The fraction of sp³-hybridized carbons (Fsp3) is 0. The van der Waals surface area contributed by atoms with Crippen molar-refractivity contribution in [1.82, 2.24) is 9.97 Å². The van der Waals surface area contributed by atoms with Gasteiger partial charge in [0.05, 0.1) is 6.20 Å². The molecule has 1 heterocycles. The second kappa shape index (κ2) is 2.79. The Hall–Kier alpha value is -1.23. The number of halogens is 2. The van der Waals surface area contributed by atoms with Gasteiger partial charge in [0, 0.05) is 0 Å². The first-order chi connectivity index (χ1) is 5.11. The van der Waals surface area contributed by atoms with E-state index in [1.165, 1.54) is 0 Å². The number of rotatable bonds is 1. The van der Waals surface area contributed by atoms with Gasteiger partial charge in [0.1, 0.15) is 0 Å². The predicted molar refractivity (Wildman–Crippen MR) is 34.0 cm³/mol. The molecule has 0 unspecified atom stereocenters. The summed E-state index contributed by atoms with van der Waals surface area (Å²) in [6, 6.07) is 0. The molecule has 0 atom stereocenters. The van der Waals surface area contributed by atoms with Crippen LogP contribution in [0.5, 0.6) is 0 Å². The SMILES string of the molecule is O=C(O)c1cnc(F)c(Cl)n1. The van der Waals surface area contributed by atoms with E-state index in [0.717, 1.165) is 6.20 Å². The Kier molecular flexibility index (Phi) is 2.00. The van der Waals surface area contributed by atoms with Gasteiger partial charge in [-0.2, -0.15) is 4.39 Å². The fourth-order valence-electron chi connectivity index (χ4n) is 0.455. The lowest BCUT2D eigenvalue weighted by atomic mass is 10.5. The smallest absolute Gasteiger partial charge is 0.356 e. The molecule has 0 fully saturated rings. The third-order valence-electron chi connectivity index (χ3n) is 0.908. The van der Waals surface area contributed by atoms with Gasteiger partial charge >= 0.3 is 5.97 Å². The highest BCUT2D eigenvalue weighted by Gasteiger charge is 2.08. The van der Waals surface area contributed by atoms with Crippen molar-refractivity contribution in [2.45, 2.75) is 0 Å². The molecule has 11 heavy (non-hydrogen) atoms. The van der Waals surface area contributed by atoms with Crippen LogP contribution in [0.4, 0.5) is 4.39 Å². The number of hydrogen-bond donors (Lipinski definition) is 1. The summed E-state index contributed by atoms with van der Waals surface area (Å²) in [5.74, 6) is -2.27. The minimum atomic E-state index is -1.29. The number of aromatic nitrogens is 2. The topological polar surface area (TPSA) is 63.1 Å². The van der Waals surface area contributed by atoms with E-state index in [-0.39, 0.29) is 5.69 Å². The second-order valence-electron chi connectivity index (χ2n) is 1.64. The summed E-state index contributed by atoms with van der Waals surface area (Å²) in [4.78, 5) is 16.4. The van der Waals surface area contributed by atoms with Gasteiger partial charge in [-0.1, -0.05) is 11.6 Å². The summed E-state index contributed by atoms with van der Waals surface area (Å²) in [5.41, 5.74) is -0.378. The van der Waals surface area contributed by atoms with Crippen molar-refractivity contribution in [2.75, 3.05) is 0 Å². The fourth-order valence-corrected chi connectivity index (χ4v) is 0.595. The molecule has 0 amide bonds. The first kappa shape index (κ1) is 7.87. The molecule has 58 valence electrons. The quantitative estimate of drug-likeness (QED) is 0.693. The van der Waals surface area contributed by atoms with Crippen molar-refractivity contribution in [3.05, 3.63) is 23.0 Å². The Morgan fingerprint density at radius 2 is 2.36 bits per heavy atom. The van der Waals surface area contributed by atoms with Crippen LogP contribution in [-0.4, -0.2) is 21.0 Å². The number of nitrogens with zero attached hydrogens (tertiary/aromatic N) is 2. The van der Waals surface area contributed by atoms with E-state index in [4.69, 9.17) is 16.7 Å². The Labute approximate surface area is 65.7 Å². The summed E-state index contributed by atoms with van der Waals surface area (Å²) in [5, 5.41) is 7.78. The van der Waals surface area contributed by atoms with Crippen LogP contribution in [0.15, 0.2) is 6.20 Å². The molecular weight excluding hydrogens is 175 g/mol. The zero-order valence-corrected chi connectivity index (χ0v) is 5.84. The van der Waals surface area contributed by atoms with Gasteiger partial charge in [-0.3, -0.25) is 0 Å². The molecule has 0 aliphatic heterocycles. The van der Waals surface area contributed by atoms with E-state index < -0.39 is 17.1 Å². The molecule has 1 aromatic heterocycles. The molecule has 0 saturated carbocycles. The average molecular weight is 177 g/mol. The van der Waals surface area contributed by atoms with Crippen molar-refractivity contribution in [2.24, 2.45) is 0 Å². The minimum absolute atomic E-state index is 0.378. The number of carboxylic acid groups (broad SMARTS) is 1. The molecule has 6 heteroatoms. The first-order valence-corrected chi connectivity index (χ1v) is 2.90. The average Bonchev–Trinajstić information content (AvgIpc) is 1.94. The number of carbonyl (C=O) groups is 1. The number of hydrogen-bond acceptors (Lipinski definition) is 3. The number of aromatic carboxylic acids is 1. The van der Waals surface area contributed by atoms with Gasteiger partial charge in [-0.15, -0.1) is 0 Å². The maximum atomic E-state index is 12.3. The van der Waals surface area contributed by atoms with Crippen molar-refractivity contribution in [3.63, 3.8) is 0 Å². The third kappa shape index (κ3) is 1.62. The minimum Gasteiger partial charge on any atom is -0.476 e. The Morgan fingerprint density at radius 3 is 2.82 bits per heavy atom. The summed E-state index contributed by atoms with van der Waals surface area (Å²) in [7, 11) is 0. The van der Waals surface area contributed by atoms with Crippen LogP contribution in [0.1, 0.15) is 10.5 Å². The van der Waals surface area contributed by atoms with Gasteiger partial charge in [0.15, 0.2) is 10.8 Å². The van der Waals surface area contributed by atoms with Gasteiger partial charge in [-0.25, -0.2) is 14.8 Å². The summed E-state index contributed by atoms with van der Waals surface area (Å²) in [6.07, 6.45) is 0.795. The van der Waals surface area contributed by atoms with Gasteiger partial charge in [0.2, 0.25) is 0 Å². The van der Waals surface area contributed by atoms with E-state index in [1.807, 2.05) is 0 Å². The molecule has 1 rings (SSSR count). The molecule has 0 bridgehead atoms. The molecule has 4 nitrogen and oxygen atoms in total. The lowest BCUT2D eigenvalue weighted by Gasteiger charge is -1.93.